The molecule has 1 heterocycles. The van der Waals surface area contributed by atoms with Crippen LogP contribution in [-0.4, -0.2) is 22.3 Å². The van der Waals surface area contributed by atoms with Gasteiger partial charge in [-0.15, -0.1) is 0 Å². The van der Waals surface area contributed by atoms with Crippen LogP contribution in [0.15, 0.2) is 65.8 Å². The van der Waals surface area contributed by atoms with E-state index in [0.29, 0.717) is 0 Å². The monoisotopic (exact) mass is 438 g/mol. The maximum absolute atomic E-state index is 13.2. The number of amides is 1. The smallest absolute Gasteiger partial charge is 0.246 e. The predicted octanol–water partition coefficient (Wildman–Crippen LogP) is 5.33. The van der Waals surface area contributed by atoms with E-state index in [1.54, 1.807) is 6.21 Å². The van der Waals surface area contributed by atoms with Crippen molar-refractivity contribution >= 4 is 12.1 Å². The molecule has 0 spiro atoms. The lowest BCUT2D eigenvalue weighted by Crippen LogP contribution is -2.52. The molecule has 4 bridgehead atoms. The Hall–Kier alpha value is -3.21. The Morgan fingerprint density at radius 3 is 2.21 bits per heavy atom. The lowest BCUT2D eigenvalue weighted by atomic mass is 9.49. The summed E-state index contributed by atoms with van der Waals surface area (Å²) in [6, 6.07) is 20.6. The molecule has 2 aromatic carbocycles. The summed E-state index contributed by atoms with van der Waals surface area (Å²) < 4.78 is 0. The number of hydrogen-bond acceptors (Lipinski definition) is 3. The Morgan fingerprint density at radius 1 is 0.970 bits per heavy atom. The number of benzene rings is 2. The van der Waals surface area contributed by atoms with Gasteiger partial charge in [0.15, 0.2) is 0 Å². The second-order valence-corrected chi connectivity index (χ2v) is 10.4. The summed E-state index contributed by atoms with van der Waals surface area (Å²) in [6.07, 6.45) is 9.59. The van der Waals surface area contributed by atoms with Crippen molar-refractivity contribution in [1.82, 2.24) is 15.6 Å². The summed E-state index contributed by atoms with van der Waals surface area (Å²) in [5, 5.41) is 12.2. The van der Waals surface area contributed by atoms with Gasteiger partial charge in [-0.1, -0.05) is 60.7 Å². The molecule has 0 aliphatic heterocycles. The predicted molar refractivity (Wildman–Crippen MR) is 130 cm³/mol. The van der Waals surface area contributed by atoms with Crippen LogP contribution in [0.25, 0.3) is 11.3 Å². The zero-order chi connectivity index (χ0) is 22.3. The molecule has 7 rings (SSSR count). The van der Waals surface area contributed by atoms with E-state index in [-0.39, 0.29) is 11.3 Å². The van der Waals surface area contributed by atoms with Crippen LogP contribution in [0, 0.1) is 23.2 Å². The largest absolute Gasteiger partial charge is 0.276 e. The Kier molecular flexibility index (Phi) is 5.12. The van der Waals surface area contributed by atoms with E-state index in [2.05, 4.69) is 57.1 Å². The molecule has 5 heteroatoms. The third-order valence-electron chi connectivity index (χ3n) is 8.05. The van der Waals surface area contributed by atoms with Gasteiger partial charge in [-0.05, 0) is 61.8 Å². The minimum atomic E-state index is -0.192. The number of aromatic nitrogens is 2. The van der Waals surface area contributed by atoms with Gasteiger partial charge in [0.1, 0.15) is 0 Å². The molecule has 0 saturated heterocycles. The Balaban J connectivity index is 1.24. The fourth-order valence-corrected chi connectivity index (χ4v) is 6.96. The lowest BCUT2D eigenvalue weighted by Gasteiger charge is -2.55. The molecule has 33 heavy (non-hydrogen) atoms. The maximum atomic E-state index is 13.2. The number of nitrogens with zero attached hydrogens (tertiary/aromatic N) is 2. The molecule has 1 aromatic heterocycles. The molecule has 4 aliphatic rings. The zero-order valence-corrected chi connectivity index (χ0v) is 18.8. The van der Waals surface area contributed by atoms with Gasteiger partial charge in [-0.2, -0.15) is 10.2 Å². The maximum Gasteiger partial charge on any atom is 0.246 e. The van der Waals surface area contributed by atoms with Crippen molar-refractivity contribution < 1.29 is 4.79 Å². The second-order valence-electron chi connectivity index (χ2n) is 10.4. The van der Waals surface area contributed by atoms with Crippen LogP contribution in [-0.2, 0) is 11.2 Å². The molecule has 1 amide bonds. The van der Waals surface area contributed by atoms with E-state index in [9.17, 15) is 4.79 Å². The molecular weight excluding hydrogens is 408 g/mol. The first-order valence-electron chi connectivity index (χ1n) is 12.2. The standard InChI is InChI=1S/C28H30N4O/c33-27(28-15-20-11-21(16-28)13-22(12-20)17-28)32-29-18-25-24(14-19-7-3-1-4-8-19)26(31-30-25)23-9-5-2-6-10-23/h1-10,18,20-22H,11-17H2,(H,30,31)(H,32,33)/b29-18+. The topological polar surface area (TPSA) is 70.1 Å². The van der Waals surface area contributed by atoms with Crippen LogP contribution < -0.4 is 5.43 Å². The number of nitrogens with one attached hydrogen (secondary N) is 2. The van der Waals surface area contributed by atoms with Crippen molar-refractivity contribution in [2.24, 2.45) is 28.3 Å². The minimum Gasteiger partial charge on any atom is -0.276 e. The van der Waals surface area contributed by atoms with Gasteiger partial charge >= 0.3 is 0 Å². The van der Waals surface area contributed by atoms with Gasteiger partial charge < -0.3 is 0 Å². The number of carbonyl (C=O) groups excluding carboxylic acids is 1. The average Bonchev–Trinajstić information content (AvgIpc) is 3.21. The number of rotatable bonds is 6. The molecule has 0 atom stereocenters. The van der Waals surface area contributed by atoms with Crippen molar-refractivity contribution in [2.75, 3.05) is 0 Å². The third-order valence-corrected chi connectivity index (χ3v) is 8.05. The number of hydrazone groups is 1. The summed E-state index contributed by atoms with van der Waals surface area (Å²) in [4.78, 5) is 13.2. The van der Waals surface area contributed by atoms with Crippen LogP contribution in [0.1, 0.15) is 55.3 Å². The van der Waals surface area contributed by atoms with Gasteiger partial charge in [0.25, 0.3) is 0 Å². The summed E-state index contributed by atoms with van der Waals surface area (Å²) >= 11 is 0. The number of carbonyl (C=O) groups is 1. The molecule has 3 aromatic rings. The number of H-pyrrole nitrogens is 1. The van der Waals surface area contributed by atoms with Crippen molar-refractivity contribution in [2.45, 2.75) is 44.9 Å². The first kappa shape index (κ1) is 20.4. The molecule has 0 unspecified atom stereocenters. The zero-order valence-electron chi connectivity index (χ0n) is 18.8. The van der Waals surface area contributed by atoms with Crippen molar-refractivity contribution in [3.05, 3.63) is 77.5 Å². The molecule has 4 fully saturated rings. The Labute approximate surface area is 194 Å². The van der Waals surface area contributed by atoms with Gasteiger partial charge in [0.2, 0.25) is 5.91 Å². The van der Waals surface area contributed by atoms with Crippen LogP contribution in [0.3, 0.4) is 0 Å². The highest BCUT2D eigenvalue weighted by atomic mass is 16.2. The van der Waals surface area contributed by atoms with Crippen molar-refractivity contribution in [3.8, 4) is 11.3 Å². The molecule has 0 radical (unpaired) electrons. The van der Waals surface area contributed by atoms with Gasteiger partial charge in [-0.25, -0.2) is 5.43 Å². The minimum absolute atomic E-state index is 0.116. The van der Waals surface area contributed by atoms with E-state index >= 15 is 0 Å². The first-order chi connectivity index (χ1) is 16.2. The van der Waals surface area contributed by atoms with Gasteiger partial charge in [-0.3, -0.25) is 9.89 Å². The van der Waals surface area contributed by atoms with E-state index in [0.717, 1.165) is 66.0 Å². The average molecular weight is 439 g/mol. The highest BCUT2D eigenvalue weighted by Gasteiger charge is 2.54. The number of hydrogen-bond donors (Lipinski definition) is 2. The Bertz CT molecular complexity index is 1130. The lowest BCUT2D eigenvalue weighted by molar-refractivity contribution is -0.146. The summed E-state index contributed by atoms with van der Waals surface area (Å²) in [7, 11) is 0. The normalized spacial score (nSPS) is 27.8. The molecule has 4 aliphatic carbocycles. The quantitative estimate of drug-likeness (QED) is 0.403. The SMILES string of the molecule is O=C(N/N=C/c1[nH]nc(-c2ccccc2)c1Cc1ccccc1)C12CC3CC(CC(C3)C1)C2. The first-order valence-corrected chi connectivity index (χ1v) is 12.2. The van der Waals surface area contributed by atoms with Crippen molar-refractivity contribution in [3.63, 3.8) is 0 Å². The number of aromatic amines is 1. The highest BCUT2D eigenvalue weighted by molar-refractivity contribution is 5.87. The van der Waals surface area contributed by atoms with Crippen molar-refractivity contribution in [1.29, 1.82) is 0 Å². The van der Waals surface area contributed by atoms with E-state index in [4.69, 9.17) is 0 Å². The molecular formula is C28H30N4O. The molecule has 5 nitrogen and oxygen atoms in total. The van der Waals surface area contributed by atoms with Crippen LogP contribution >= 0.6 is 0 Å². The van der Waals surface area contributed by atoms with Gasteiger partial charge in [0.05, 0.1) is 23.0 Å². The molecule has 4 saturated carbocycles. The second kappa shape index (κ2) is 8.29. The summed E-state index contributed by atoms with van der Waals surface area (Å²) in [6.45, 7) is 0. The summed E-state index contributed by atoms with van der Waals surface area (Å²) in [5.74, 6) is 2.34. The highest BCUT2D eigenvalue weighted by Crippen LogP contribution is 2.60. The van der Waals surface area contributed by atoms with E-state index in [1.807, 2.05) is 24.3 Å². The third kappa shape index (κ3) is 3.90. The fourth-order valence-electron chi connectivity index (χ4n) is 6.96. The van der Waals surface area contributed by atoms with Crippen LogP contribution in [0.5, 0.6) is 0 Å². The van der Waals surface area contributed by atoms with E-state index in [1.165, 1.54) is 24.8 Å². The Morgan fingerprint density at radius 2 is 1.58 bits per heavy atom. The van der Waals surface area contributed by atoms with Gasteiger partial charge in [0, 0.05) is 17.5 Å². The van der Waals surface area contributed by atoms with Crippen LogP contribution in [0.4, 0.5) is 0 Å². The van der Waals surface area contributed by atoms with E-state index < -0.39 is 0 Å². The van der Waals surface area contributed by atoms with Crippen LogP contribution in [0.2, 0.25) is 0 Å². The molecule has 2 N–H and O–H groups in total. The molecule has 168 valence electrons. The fraction of sp³-hybridized carbons (Fsp3) is 0.393. The summed E-state index contributed by atoms with van der Waals surface area (Å²) in [5.41, 5.74) is 7.84.